The number of hydrogen-bond acceptors (Lipinski definition) is 5. The summed E-state index contributed by atoms with van der Waals surface area (Å²) in [6, 6.07) is 11.6. The molecule has 20 heavy (non-hydrogen) atoms. The van der Waals surface area contributed by atoms with E-state index >= 15 is 0 Å². The first-order valence-corrected chi connectivity index (χ1v) is 6.30. The van der Waals surface area contributed by atoms with Crippen LogP contribution in [0, 0.1) is 11.3 Å². The number of ether oxygens (including phenoxy) is 2. The van der Waals surface area contributed by atoms with E-state index in [1.807, 2.05) is 30.3 Å². The molecular weight excluding hydrogens is 254 g/mol. The van der Waals surface area contributed by atoms with Gasteiger partial charge < -0.3 is 14.8 Å². The highest BCUT2D eigenvalue weighted by Gasteiger charge is 2.16. The van der Waals surface area contributed by atoms with E-state index in [1.54, 1.807) is 6.20 Å². The van der Waals surface area contributed by atoms with E-state index in [0.29, 0.717) is 18.8 Å². The Morgan fingerprint density at radius 3 is 2.90 bits per heavy atom. The van der Waals surface area contributed by atoms with Crippen molar-refractivity contribution in [3.05, 3.63) is 53.3 Å². The fourth-order valence-corrected chi connectivity index (χ4v) is 2.14. The molecule has 0 fully saturated rings. The SMILES string of the molecule is N#Cc1ncccc1CNCc1cccc2c1OCO2. The van der Waals surface area contributed by atoms with Crippen LogP contribution in [0.2, 0.25) is 0 Å². The molecule has 1 aromatic carbocycles. The van der Waals surface area contributed by atoms with Crippen LogP contribution in [0.1, 0.15) is 16.8 Å². The van der Waals surface area contributed by atoms with Crippen LogP contribution in [0.4, 0.5) is 0 Å². The van der Waals surface area contributed by atoms with E-state index < -0.39 is 0 Å². The van der Waals surface area contributed by atoms with Gasteiger partial charge in [-0.1, -0.05) is 18.2 Å². The van der Waals surface area contributed by atoms with Crippen LogP contribution in [0.15, 0.2) is 36.5 Å². The van der Waals surface area contributed by atoms with Gasteiger partial charge in [0.25, 0.3) is 0 Å². The maximum absolute atomic E-state index is 8.98. The molecule has 2 aromatic rings. The molecule has 0 atom stereocenters. The second kappa shape index (κ2) is 5.59. The summed E-state index contributed by atoms with van der Waals surface area (Å²) >= 11 is 0. The summed E-state index contributed by atoms with van der Waals surface area (Å²) in [6.07, 6.45) is 1.62. The minimum atomic E-state index is 0.271. The maximum atomic E-state index is 8.98. The Morgan fingerprint density at radius 1 is 1.15 bits per heavy atom. The third-order valence-electron chi connectivity index (χ3n) is 3.11. The molecule has 5 nitrogen and oxygen atoms in total. The Balaban J connectivity index is 1.67. The van der Waals surface area contributed by atoms with Crippen LogP contribution in [0.25, 0.3) is 0 Å². The van der Waals surface area contributed by atoms with E-state index in [9.17, 15) is 0 Å². The first kappa shape index (κ1) is 12.5. The normalized spacial score (nSPS) is 12.2. The zero-order valence-corrected chi connectivity index (χ0v) is 10.8. The number of aromatic nitrogens is 1. The van der Waals surface area contributed by atoms with E-state index in [-0.39, 0.29) is 6.79 Å². The first-order valence-electron chi connectivity index (χ1n) is 6.30. The second-order valence-corrected chi connectivity index (χ2v) is 4.38. The van der Waals surface area contributed by atoms with Crippen molar-refractivity contribution in [1.29, 1.82) is 5.26 Å². The van der Waals surface area contributed by atoms with Crippen LogP contribution in [0.3, 0.4) is 0 Å². The molecular formula is C15H13N3O2. The van der Waals surface area contributed by atoms with Crippen molar-refractivity contribution in [1.82, 2.24) is 10.3 Å². The number of nitriles is 1. The van der Waals surface area contributed by atoms with E-state index in [4.69, 9.17) is 14.7 Å². The van der Waals surface area contributed by atoms with Gasteiger partial charge in [0.1, 0.15) is 11.8 Å². The van der Waals surface area contributed by atoms with Crippen LogP contribution in [-0.4, -0.2) is 11.8 Å². The van der Waals surface area contributed by atoms with Gasteiger partial charge in [0, 0.05) is 30.4 Å². The fraction of sp³-hybridized carbons (Fsp3) is 0.200. The highest BCUT2D eigenvalue weighted by Crippen LogP contribution is 2.35. The molecule has 1 aliphatic heterocycles. The van der Waals surface area contributed by atoms with Crippen molar-refractivity contribution in [2.45, 2.75) is 13.1 Å². The molecule has 0 aliphatic carbocycles. The van der Waals surface area contributed by atoms with Crippen LogP contribution >= 0.6 is 0 Å². The largest absolute Gasteiger partial charge is 0.454 e. The van der Waals surface area contributed by atoms with Gasteiger partial charge in [-0.25, -0.2) is 4.98 Å². The number of rotatable bonds is 4. The average molecular weight is 267 g/mol. The Kier molecular flexibility index (Phi) is 3.48. The zero-order chi connectivity index (χ0) is 13.8. The Labute approximate surface area is 116 Å². The molecule has 0 saturated carbocycles. The summed E-state index contributed by atoms with van der Waals surface area (Å²) in [5.41, 5.74) is 2.39. The van der Waals surface area contributed by atoms with Crippen LogP contribution < -0.4 is 14.8 Å². The number of pyridine rings is 1. The molecule has 1 aliphatic rings. The lowest BCUT2D eigenvalue weighted by Gasteiger charge is -2.08. The molecule has 0 radical (unpaired) electrons. The maximum Gasteiger partial charge on any atom is 0.231 e. The van der Waals surface area contributed by atoms with Gasteiger partial charge in [0.2, 0.25) is 6.79 Å². The number of fused-ring (bicyclic) bond motifs is 1. The number of hydrogen-bond donors (Lipinski definition) is 1. The van der Waals surface area contributed by atoms with Crippen LogP contribution in [0.5, 0.6) is 11.5 Å². The van der Waals surface area contributed by atoms with Gasteiger partial charge in [-0.3, -0.25) is 0 Å². The highest BCUT2D eigenvalue weighted by molar-refractivity contribution is 5.48. The van der Waals surface area contributed by atoms with Gasteiger partial charge in [-0.15, -0.1) is 0 Å². The van der Waals surface area contributed by atoms with Gasteiger partial charge in [-0.2, -0.15) is 5.26 Å². The molecule has 1 N–H and O–H groups in total. The predicted molar refractivity (Wildman–Crippen MR) is 72.1 cm³/mol. The van der Waals surface area contributed by atoms with Gasteiger partial charge in [-0.05, 0) is 12.1 Å². The van der Waals surface area contributed by atoms with Crippen molar-refractivity contribution in [3.8, 4) is 17.6 Å². The average Bonchev–Trinajstić information content (AvgIpc) is 2.97. The summed E-state index contributed by atoms with van der Waals surface area (Å²) < 4.78 is 10.8. The monoisotopic (exact) mass is 267 g/mol. The quantitative estimate of drug-likeness (QED) is 0.917. The molecule has 0 amide bonds. The second-order valence-electron chi connectivity index (χ2n) is 4.38. The number of nitrogens with zero attached hydrogens (tertiary/aromatic N) is 2. The van der Waals surface area contributed by atoms with Gasteiger partial charge in [0.05, 0.1) is 0 Å². The molecule has 0 bridgehead atoms. The molecule has 2 heterocycles. The molecule has 3 rings (SSSR count). The molecule has 0 unspecified atom stereocenters. The van der Waals surface area contributed by atoms with Crippen molar-refractivity contribution >= 4 is 0 Å². The van der Waals surface area contributed by atoms with E-state index in [2.05, 4.69) is 16.4 Å². The lowest BCUT2D eigenvalue weighted by molar-refractivity contribution is 0.173. The standard InChI is InChI=1S/C15H13N3O2/c16-7-13-11(4-2-6-18-13)8-17-9-12-3-1-5-14-15(12)20-10-19-14/h1-6,17H,8-10H2. The molecule has 1 aromatic heterocycles. The molecule has 0 spiro atoms. The first-order chi connectivity index (χ1) is 9.88. The van der Waals surface area contributed by atoms with Crippen molar-refractivity contribution < 1.29 is 9.47 Å². The Morgan fingerprint density at radius 2 is 2.00 bits per heavy atom. The number of nitrogens with one attached hydrogen (secondary N) is 1. The third kappa shape index (κ3) is 2.42. The summed E-state index contributed by atoms with van der Waals surface area (Å²) in [4.78, 5) is 4.03. The van der Waals surface area contributed by atoms with Crippen LogP contribution in [-0.2, 0) is 13.1 Å². The minimum absolute atomic E-state index is 0.271. The third-order valence-corrected chi connectivity index (χ3v) is 3.11. The zero-order valence-electron chi connectivity index (χ0n) is 10.8. The van der Waals surface area contributed by atoms with Crippen molar-refractivity contribution in [2.24, 2.45) is 0 Å². The van der Waals surface area contributed by atoms with Gasteiger partial charge in [0.15, 0.2) is 11.5 Å². The lowest BCUT2D eigenvalue weighted by Crippen LogP contribution is -2.14. The fourth-order valence-electron chi connectivity index (χ4n) is 2.14. The minimum Gasteiger partial charge on any atom is -0.454 e. The molecule has 100 valence electrons. The topological polar surface area (TPSA) is 67.2 Å². The van der Waals surface area contributed by atoms with Gasteiger partial charge >= 0.3 is 0 Å². The lowest BCUT2D eigenvalue weighted by atomic mass is 10.1. The predicted octanol–water partition coefficient (Wildman–Crippen LogP) is 1.97. The summed E-state index contributed by atoms with van der Waals surface area (Å²) in [6.45, 7) is 1.50. The summed E-state index contributed by atoms with van der Waals surface area (Å²) in [5.74, 6) is 1.58. The summed E-state index contributed by atoms with van der Waals surface area (Å²) in [7, 11) is 0. The Bertz CT molecular complexity index is 664. The van der Waals surface area contributed by atoms with Crippen molar-refractivity contribution in [3.63, 3.8) is 0 Å². The number of benzene rings is 1. The molecule has 0 saturated heterocycles. The van der Waals surface area contributed by atoms with E-state index in [0.717, 1.165) is 22.6 Å². The van der Waals surface area contributed by atoms with Crippen molar-refractivity contribution in [2.75, 3.05) is 6.79 Å². The smallest absolute Gasteiger partial charge is 0.231 e. The highest BCUT2D eigenvalue weighted by atomic mass is 16.7. The molecule has 5 heteroatoms. The Hall–Kier alpha value is -2.58. The van der Waals surface area contributed by atoms with E-state index in [1.165, 1.54) is 0 Å². The summed E-state index contributed by atoms with van der Waals surface area (Å²) in [5, 5.41) is 12.3. The number of para-hydroxylation sites is 1.